The summed E-state index contributed by atoms with van der Waals surface area (Å²) in [4.78, 5) is 6.95. The van der Waals surface area contributed by atoms with Crippen LogP contribution in [0.4, 0.5) is 0 Å². The second-order valence-electron chi connectivity index (χ2n) is 9.12. The van der Waals surface area contributed by atoms with Crippen LogP contribution in [0, 0.1) is 5.92 Å². The molecule has 5 aliphatic rings. The van der Waals surface area contributed by atoms with E-state index in [0.717, 1.165) is 43.8 Å². The highest BCUT2D eigenvalue weighted by Crippen LogP contribution is 2.65. The maximum atomic E-state index is 12.2. The van der Waals surface area contributed by atoms with Gasteiger partial charge in [-0.25, -0.2) is 4.99 Å². The number of rotatable bonds is 3. The molecule has 6 heteroatoms. The summed E-state index contributed by atoms with van der Waals surface area (Å²) in [5.41, 5.74) is 0.913. The fourth-order valence-corrected chi connectivity index (χ4v) is 6.79. The van der Waals surface area contributed by atoms with Gasteiger partial charge in [-0.2, -0.15) is 0 Å². The van der Waals surface area contributed by atoms with Crippen LogP contribution in [0.25, 0.3) is 0 Å². The molecular formula is C21H24N2O3S. The second kappa shape index (κ2) is 5.32. The van der Waals surface area contributed by atoms with Gasteiger partial charge in [-0.1, -0.05) is 6.07 Å². The molecule has 1 aromatic carbocycles. The van der Waals surface area contributed by atoms with Crippen LogP contribution in [0.15, 0.2) is 17.1 Å². The lowest BCUT2D eigenvalue weighted by molar-refractivity contribution is -0.189. The molecular weight excluding hydrogens is 360 g/mol. The van der Waals surface area contributed by atoms with Crippen LogP contribution < -0.4 is 4.74 Å². The summed E-state index contributed by atoms with van der Waals surface area (Å²) in [5, 5.41) is 25.2. The number of aromatic hydroxyl groups is 1. The van der Waals surface area contributed by atoms with Gasteiger partial charge >= 0.3 is 0 Å². The lowest BCUT2D eigenvalue weighted by Crippen LogP contribution is -2.77. The van der Waals surface area contributed by atoms with E-state index in [1.807, 2.05) is 6.07 Å². The Bertz CT molecular complexity index is 880. The van der Waals surface area contributed by atoms with Gasteiger partial charge in [0.2, 0.25) is 0 Å². The minimum Gasteiger partial charge on any atom is -0.504 e. The van der Waals surface area contributed by atoms with Crippen LogP contribution >= 0.6 is 12.2 Å². The standard InChI is InChI=1S/C21H24N2O3S/c24-15-4-3-13-9-16-21(25)6-5-14(22-11-27)19-20(21,17(13)18(15)26-19)7-8-23(16)10-12-1-2-12/h3-4,12,14,16,19,24-25H,1-2,5-10H2/t14-,16?,19-,20?,21?/m0/s1. The smallest absolute Gasteiger partial charge is 0.165 e. The third-order valence-corrected chi connectivity index (χ3v) is 8.06. The Morgan fingerprint density at radius 3 is 2.93 bits per heavy atom. The third-order valence-electron chi connectivity index (χ3n) is 7.95. The number of nitrogens with zero attached hydrogens (tertiary/aromatic N) is 2. The molecule has 1 aromatic rings. The Balaban J connectivity index is 1.56. The molecule has 3 unspecified atom stereocenters. The molecule has 5 atom stereocenters. The SMILES string of the molecule is Oc1ccc2c3c1O[C@H]1[C@@H](N=C=S)CCC4(O)C(C2)N(CC2CC2)CCC314. The summed E-state index contributed by atoms with van der Waals surface area (Å²) in [5.74, 6) is 1.53. The van der Waals surface area contributed by atoms with Crippen LogP contribution in [0.2, 0.25) is 0 Å². The Hall–Kier alpha value is -1.46. The van der Waals surface area contributed by atoms with Gasteiger partial charge in [0.25, 0.3) is 0 Å². The molecule has 3 fully saturated rings. The summed E-state index contributed by atoms with van der Waals surface area (Å²) in [6.45, 7) is 2.06. The highest BCUT2D eigenvalue weighted by Gasteiger charge is 2.73. The average Bonchev–Trinajstić information content (AvgIpc) is 3.39. The van der Waals surface area contributed by atoms with Gasteiger partial charge in [-0.05, 0) is 74.8 Å². The fourth-order valence-electron chi connectivity index (χ4n) is 6.66. The van der Waals surface area contributed by atoms with Crippen LogP contribution in [-0.4, -0.2) is 57.2 Å². The topological polar surface area (TPSA) is 65.3 Å². The molecule has 3 aliphatic carbocycles. The summed E-state index contributed by atoms with van der Waals surface area (Å²) in [6.07, 6.45) is 5.45. The number of phenols is 1. The van der Waals surface area contributed by atoms with Crippen LogP contribution in [-0.2, 0) is 11.8 Å². The predicted molar refractivity (Wildman–Crippen MR) is 104 cm³/mol. The van der Waals surface area contributed by atoms with E-state index in [9.17, 15) is 10.2 Å². The molecule has 2 N–H and O–H groups in total. The number of aliphatic imine (C=N–C) groups is 1. The molecule has 2 saturated carbocycles. The number of ether oxygens (including phenoxy) is 1. The zero-order valence-electron chi connectivity index (χ0n) is 15.2. The van der Waals surface area contributed by atoms with Crippen molar-refractivity contribution in [3.8, 4) is 11.5 Å². The average molecular weight is 385 g/mol. The van der Waals surface area contributed by atoms with Gasteiger partial charge in [0.15, 0.2) is 11.5 Å². The molecule has 6 rings (SSSR count). The van der Waals surface area contributed by atoms with E-state index in [1.54, 1.807) is 6.07 Å². The van der Waals surface area contributed by atoms with Crippen LogP contribution in [0.3, 0.4) is 0 Å². The molecule has 0 radical (unpaired) electrons. The van der Waals surface area contributed by atoms with E-state index >= 15 is 0 Å². The molecule has 2 aliphatic heterocycles. The van der Waals surface area contributed by atoms with Gasteiger partial charge in [0.05, 0.1) is 22.2 Å². The van der Waals surface area contributed by atoms with E-state index in [0.29, 0.717) is 12.2 Å². The first-order valence-corrected chi connectivity index (χ1v) is 10.5. The Morgan fingerprint density at radius 2 is 2.15 bits per heavy atom. The van der Waals surface area contributed by atoms with E-state index in [1.165, 1.54) is 18.4 Å². The highest BCUT2D eigenvalue weighted by atomic mass is 32.1. The van der Waals surface area contributed by atoms with Gasteiger partial charge in [-0.15, -0.1) is 0 Å². The minimum absolute atomic E-state index is 0.110. The summed E-state index contributed by atoms with van der Waals surface area (Å²) < 4.78 is 6.36. The number of piperidine rings is 1. The second-order valence-corrected chi connectivity index (χ2v) is 9.30. The third kappa shape index (κ3) is 1.92. The molecule has 2 bridgehead atoms. The predicted octanol–water partition coefficient (Wildman–Crippen LogP) is 2.43. The number of thiocarbonyl (C=S) groups is 1. The number of benzene rings is 1. The number of phenolic OH excluding ortho intramolecular Hbond substituents is 1. The largest absolute Gasteiger partial charge is 0.504 e. The lowest BCUT2D eigenvalue weighted by Gasteiger charge is -2.63. The van der Waals surface area contributed by atoms with E-state index in [-0.39, 0.29) is 23.9 Å². The van der Waals surface area contributed by atoms with Crippen molar-refractivity contribution >= 4 is 17.4 Å². The molecule has 142 valence electrons. The van der Waals surface area contributed by atoms with Gasteiger partial charge in [0, 0.05) is 18.2 Å². The summed E-state index contributed by atoms with van der Waals surface area (Å²) in [7, 11) is 0. The van der Waals surface area contributed by atoms with E-state index in [4.69, 9.17) is 17.0 Å². The molecule has 5 nitrogen and oxygen atoms in total. The molecule has 1 saturated heterocycles. The fraction of sp³-hybridized carbons (Fsp3) is 0.667. The van der Waals surface area contributed by atoms with Gasteiger partial charge in [0.1, 0.15) is 6.10 Å². The van der Waals surface area contributed by atoms with Crippen molar-refractivity contribution in [2.45, 2.75) is 67.7 Å². The quantitative estimate of drug-likeness (QED) is 0.619. The first-order valence-electron chi connectivity index (χ1n) is 10.1. The number of isothiocyanates is 1. The van der Waals surface area contributed by atoms with Crippen molar-refractivity contribution in [1.82, 2.24) is 4.90 Å². The number of likely N-dealkylation sites (tertiary alicyclic amines) is 1. The van der Waals surface area contributed by atoms with Crippen LogP contribution in [0.5, 0.6) is 11.5 Å². The maximum Gasteiger partial charge on any atom is 0.165 e. The number of hydrogen-bond donors (Lipinski definition) is 2. The van der Waals surface area contributed by atoms with Crippen molar-refractivity contribution in [2.75, 3.05) is 13.1 Å². The Labute approximate surface area is 164 Å². The summed E-state index contributed by atoms with van der Waals surface area (Å²) in [6, 6.07) is 3.76. The highest BCUT2D eigenvalue weighted by molar-refractivity contribution is 7.78. The monoisotopic (exact) mass is 384 g/mol. The molecule has 0 amide bonds. The molecule has 1 spiro atoms. The van der Waals surface area contributed by atoms with E-state index in [2.05, 4.69) is 15.1 Å². The Kier molecular flexibility index (Phi) is 3.25. The zero-order chi connectivity index (χ0) is 18.4. The normalized spacial score (nSPS) is 41.4. The van der Waals surface area contributed by atoms with Crippen molar-refractivity contribution in [2.24, 2.45) is 10.9 Å². The molecule has 27 heavy (non-hydrogen) atoms. The zero-order valence-corrected chi connectivity index (χ0v) is 16.0. The maximum absolute atomic E-state index is 12.2. The van der Waals surface area contributed by atoms with Crippen molar-refractivity contribution in [3.63, 3.8) is 0 Å². The minimum atomic E-state index is -0.843. The molecule has 2 heterocycles. The van der Waals surface area contributed by atoms with E-state index < -0.39 is 11.0 Å². The Morgan fingerprint density at radius 1 is 1.30 bits per heavy atom. The first-order chi connectivity index (χ1) is 13.1. The van der Waals surface area contributed by atoms with Crippen molar-refractivity contribution < 1.29 is 14.9 Å². The number of hydrogen-bond acceptors (Lipinski definition) is 6. The van der Waals surface area contributed by atoms with Gasteiger partial charge < -0.3 is 14.9 Å². The van der Waals surface area contributed by atoms with Crippen molar-refractivity contribution in [1.29, 1.82) is 0 Å². The van der Waals surface area contributed by atoms with Gasteiger partial charge in [-0.3, -0.25) is 4.90 Å². The molecule has 0 aromatic heterocycles. The first kappa shape index (κ1) is 16.5. The number of aliphatic hydroxyl groups is 1. The lowest BCUT2D eigenvalue weighted by atomic mass is 9.48. The van der Waals surface area contributed by atoms with Crippen molar-refractivity contribution in [3.05, 3.63) is 23.3 Å². The van der Waals surface area contributed by atoms with Crippen LogP contribution in [0.1, 0.15) is 43.2 Å². The summed E-state index contributed by atoms with van der Waals surface area (Å²) >= 11 is 4.89.